The van der Waals surface area contributed by atoms with Crippen molar-refractivity contribution in [2.24, 2.45) is 0 Å². The van der Waals surface area contributed by atoms with E-state index in [1.165, 1.54) is 38.6 Å². The van der Waals surface area contributed by atoms with E-state index in [2.05, 4.69) is 31.9 Å². The predicted molar refractivity (Wildman–Crippen MR) is 79.4 cm³/mol. The van der Waals surface area contributed by atoms with E-state index in [1.807, 2.05) is 0 Å². The number of rotatable bonds is 4. The summed E-state index contributed by atoms with van der Waals surface area (Å²) < 4.78 is 2.07. The van der Waals surface area contributed by atoms with E-state index in [0.717, 1.165) is 38.4 Å². The number of aromatic nitrogens is 3. The molecule has 0 unspecified atom stereocenters. The Morgan fingerprint density at radius 1 is 1.30 bits per heavy atom. The van der Waals surface area contributed by atoms with Crippen molar-refractivity contribution in [1.82, 2.24) is 25.0 Å². The number of nitrogens with zero attached hydrogens (tertiary/aromatic N) is 4. The van der Waals surface area contributed by atoms with Gasteiger partial charge in [-0.1, -0.05) is 26.2 Å². The highest BCUT2D eigenvalue weighted by atomic mass is 15.4. The quantitative estimate of drug-likeness (QED) is 0.911. The summed E-state index contributed by atoms with van der Waals surface area (Å²) >= 11 is 0. The molecule has 2 heterocycles. The van der Waals surface area contributed by atoms with E-state index in [9.17, 15) is 0 Å². The molecule has 20 heavy (non-hydrogen) atoms. The van der Waals surface area contributed by atoms with Gasteiger partial charge in [-0.25, -0.2) is 9.67 Å². The molecule has 1 saturated heterocycles. The molecule has 112 valence electrons. The summed E-state index contributed by atoms with van der Waals surface area (Å²) in [6, 6.07) is 0. The van der Waals surface area contributed by atoms with Gasteiger partial charge >= 0.3 is 0 Å². The Labute approximate surface area is 121 Å². The number of nitrogens with one attached hydrogen (secondary N) is 1. The molecule has 1 saturated carbocycles. The molecule has 1 aromatic rings. The van der Waals surface area contributed by atoms with E-state index in [1.54, 1.807) is 6.33 Å². The third-order valence-corrected chi connectivity index (χ3v) is 4.76. The van der Waals surface area contributed by atoms with Gasteiger partial charge in [-0.05, 0) is 19.3 Å². The summed E-state index contributed by atoms with van der Waals surface area (Å²) in [7, 11) is 0. The molecule has 0 bridgehead atoms. The number of aryl methyl sites for hydroxylation is 1. The van der Waals surface area contributed by atoms with E-state index >= 15 is 0 Å². The van der Waals surface area contributed by atoms with E-state index < -0.39 is 0 Å². The zero-order valence-corrected chi connectivity index (χ0v) is 12.6. The maximum Gasteiger partial charge on any atom is 0.141 e. The van der Waals surface area contributed by atoms with Gasteiger partial charge in [0.05, 0.1) is 6.54 Å². The fraction of sp³-hybridized carbons (Fsp3) is 0.867. The lowest BCUT2D eigenvalue weighted by Gasteiger charge is -2.46. The molecule has 0 aromatic carbocycles. The van der Waals surface area contributed by atoms with Gasteiger partial charge in [0, 0.05) is 31.7 Å². The minimum atomic E-state index is 0.381. The zero-order valence-electron chi connectivity index (χ0n) is 12.6. The fourth-order valence-corrected chi connectivity index (χ4v) is 3.75. The summed E-state index contributed by atoms with van der Waals surface area (Å²) in [5.41, 5.74) is 0.381. The van der Waals surface area contributed by atoms with Gasteiger partial charge in [0.2, 0.25) is 0 Å². The summed E-state index contributed by atoms with van der Waals surface area (Å²) in [6.07, 6.45) is 9.66. The lowest BCUT2D eigenvalue weighted by molar-refractivity contribution is 0.0915. The third kappa shape index (κ3) is 3.04. The average Bonchev–Trinajstić information content (AvgIpc) is 2.88. The Balaban J connectivity index is 1.63. The fourth-order valence-electron chi connectivity index (χ4n) is 3.75. The van der Waals surface area contributed by atoms with Crippen LogP contribution < -0.4 is 5.32 Å². The van der Waals surface area contributed by atoms with Crippen molar-refractivity contribution < 1.29 is 0 Å². The van der Waals surface area contributed by atoms with Crippen molar-refractivity contribution in [2.45, 2.75) is 64.1 Å². The smallest absolute Gasteiger partial charge is 0.141 e. The molecule has 1 N–H and O–H groups in total. The first-order valence-electron chi connectivity index (χ1n) is 8.15. The van der Waals surface area contributed by atoms with Crippen LogP contribution >= 0.6 is 0 Å². The molecule has 1 aliphatic heterocycles. The van der Waals surface area contributed by atoms with Crippen LogP contribution in [0.3, 0.4) is 0 Å². The summed E-state index contributed by atoms with van der Waals surface area (Å²) in [5, 5.41) is 8.14. The maximum absolute atomic E-state index is 4.45. The number of hydrogen-bond donors (Lipinski definition) is 1. The van der Waals surface area contributed by atoms with Crippen molar-refractivity contribution in [2.75, 3.05) is 19.6 Å². The molecule has 0 atom stereocenters. The first-order valence-corrected chi connectivity index (χ1v) is 8.15. The molecule has 0 radical (unpaired) electrons. The summed E-state index contributed by atoms with van der Waals surface area (Å²) in [4.78, 5) is 7.02. The molecule has 5 nitrogen and oxygen atoms in total. The molecular weight excluding hydrogens is 250 g/mol. The molecule has 1 aliphatic carbocycles. The number of hydrogen-bond acceptors (Lipinski definition) is 4. The maximum atomic E-state index is 4.45. The Hall–Kier alpha value is -0.940. The first-order chi connectivity index (χ1) is 9.81. The van der Waals surface area contributed by atoms with Gasteiger partial charge in [0.15, 0.2) is 0 Å². The van der Waals surface area contributed by atoms with Crippen molar-refractivity contribution in [3.05, 3.63) is 12.2 Å². The highest BCUT2D eigenvalue weighted by molar-refractivity contribution is 4.98. The van der Waals surface area contributed by atoms with Crippen LogP contribution in [0.15, 0.2) is 6.33 Å². The van der Waals surface area contributed by atoms with Crippen LogP contribution in [0.25, 0.3) is 0 Å². The topological polar surface area (TPSA) is 46.0 Å². The predicted octanol–water partition coefficient (Wildman–Crippen LogP) is 1.80. The largest absolute Gasteiger partial charge is 0.309 e. The van der Waals surface area contributed by atoms with Crippen LogP contribution in [-0.4, -0.2) is 44.8 Å². The minimum absolute atomic E-state index is 0.381. The van der Waals surface area contributed by atoms with Gasteiger partial charge in [-0.3, -0.25) is 4.90 Å². The van der Waals surface area contributed by atoms with Crippen molar-refractivity contribution >= 4 is 0 Å². The molecule has 0 amide bonds. The molecular formula is C15H27N5. The first kappa shape index (κ1) is 14.0. The second-order valence-corrected chi connectivity index (χ2v) is 6.38. The second-order valence-electron chi connectivity index (χ2n) is 6.38. The molecule has 2 aliphatic rings. The Morgan fingerprint density at radius 3 is 2.95 bits per heavy atom. The van der Waals surface area contributed by atoms with Gasteiger partial charge in [0.25, 0.3) is 0 Å². The summed E-state index contributed by atoms with van der Waals surface area (Å²) in [6.45, 7) is 7.53. The van der Waals surface area contributed by atoms with Crippen LogP contribution in [0.4, 0.5) is 0 Å². The Kier molecular flexibility index (Phi) is 4.36. The van der Waals surface area contributed by atoms with Crippen LogP contribution in [0.1, 0.15) is 51.3 Å². The molecule has 5 heteroatoms. The monoisotopic (exact) mass is 277 g/mol. The van der Waals surface area contributed by atoms with E-state index in [-0.39, 0.29) is 0 Å². The molecule has 3 rings (SSSR count). The minimum Gasteiger partial charge on any atom is -0.309 e. The van der Waals surface area contributed by atoms with Gasteiger partial charge in [-0.15, -0.1) is 0 Å². The lowest BCUT2D eigenvalue weighted by Crippen LogP contribution is -2.60. The van der Waals surface area contributed by atoms with E-state index in [4.69, 9.17) is 0 Å². The highest BCUT2D eigenvalue weighted by Gasteiger charge is 2.36. The van der Waals surface area contributed by atoms with E-state index in [0.29, 0.717) is 5.54 Å². The standard InChI is InChI=1S/C15H27N5/c1-2-9-20-14(16-13-18-20)11-19-10-8-17-15(12-19)6-4-3-5-7-15/h13,17H,2-12H2,1H3. The Bertz CT molecular complexity index is 416. The van der Waals surface area contributed by atoms with Crippen molar-refractivity contribution in [1.29, 1.82) is 0 Å². The molecule has 1 spiro atoms. The summed E-state index contributed by atoms with van der Waals surface area (Å²) in [5.74, 6) is 1.12. The molecule has 2 fully saturated rings. The lowest BCUT2D eigenvalue weighted by atomic mass is 9.80. The zero-order chi connectivity index (χ0) is 13.8. The van der Waals surface area contributed by atoms with Crippen LogP contribution in [-0.2, 0) is 13.1 Å². The van der Waals surface area contributed by atoms with Crippen molar-refractivity contribution in [3.8, 4) is 0 Å². The third-order valence-electron chi connectivity index (χ3n) is 4.76. The van der Waals surface area contributed by atoms with Gasteiger partial charge in [0.1, 0.15) is 12.2 Å². The molecule has 1 aromatic heterocycles. The second kappa shape index (κ2) is 6.22. The van der Waals surface area contributed by atoms with Crippen LogP contribution in [0.2, 0.25) is 0 Å². The normalized spacial score (nSPS) is 23.2. The van der Waals surface area contributed by atoms with Crippen molar-refractivity contribution in [3.63, 3.8) is 0 Å². The SMILES string of the molecule is CCCn1ncnc1CN1CCNC2(CCCCC2)C1. The average molecular weight is 277 g/mol. The number of piperazine rings is 1. The highest BCUT2D eigenvalue weighted by Crippen LogP contribution is 2.30. The van der Waals surface area contributed by atoms with Crippen LogP contribution in [0, 0.1) is 0 Å². The Morgan fingerprint density at radius 2 is 2.15 bits per heavy atom. The van der Waals surface area contributed by atoms with Gasteiger partial charge < -0.3 is 5.32 Å². The van der Waals surface area contributed by atoms with Crippen LogP contribution in [0.5, 0.6) is 0 Å². The van der Waals surface area contributed by atoms with Gasteiger partial charge in [-0.2, -0.15) is 5.10 Å².